The van der Waals surface area contributed by atoms with E-state index >= 15 is 0 Å². The summed E-state index contributed by atoms with van der Waals surface area (Å²) < 4.78 is 13.4. The number of anilines is 1. The van der Waals surface area contributed by atoms with E-state index in [1.807, 2.05) is 5.32 Å². The lowest BCUT2D eigenvalue weighted by molar-refractivity contribution is -0.384. The van der Waals surface area contributed by atoms with Crippen molar-refractivity contribution in [3.05, 3.63) is 34.1 Å². The number of rotatable bonds is 3. The van der Waals surface area contributed by atoms with Crippen molar-refractivity contribution >= 4 is 23.2 Å². The Morgan fingerprint density at radius 2 is 2.11 bits per heavy atom. The van der Waals surface area contributed by atoms with Gasteiger partial charge in [-0.2, -0.15) is 5.26 Å². The first-order valence-electron chi connectivity index (χ1n) is 4.86. The highest BCUT2D eigenvalue weighted by atomic mass is 19.1. The van der Waals surface area contributed by atoms with Crippen molar-refractivity contribution < 1.29 is 18.9 Å². The lowest BCUT2D eigenvalue weighted by Crippen LogP contribution is -2.35. The number of hydrogen-bond acceptors (Lipinski definition) is 5. The lowest BCUT2D eigenvalue weighted by Gasteiger charge is -2.06. The topological polar surface area (TPSA) is 125 Å². The van der Waals surface area contributed by atoms with Gasteiger partial charge in [0.1, 0.15) is 6.54 Å². The zero-order valence-corrected chi connectivity index (χ0v) is 9.34. The van der Waals surface area contributed by atoms with Crippen LogP contribution >= 0.6 is 0 Å². The maximum atomic E-state index is 13.4. The number of hydrogen-bond donors (Lipinski definition) is 2. The van der Waals surface area contributed by atoms with Gasteiger partial charge in [0.25, 0.3) is 5.69 Å². The maximum absolute atomic E-state index is 13.4. The summed E-state index contributed by atoms with van der Waals surface area (Å²) in [6, 6.07) is 4.54. The Balaban J connectivity index is 2.94. The zero-order valence-electron chi connectivity index (χ0n) is 9.34. The van der Waals surface area contributed by atoms with Crippen molar-refractivity contribution in [2.75, 3.05) is 11.9 Å². The number of halogens is 1. The molecule has 9 heteroatoms. The van der Waals surface area contributed by atoms with Gasteiger partial charge in [0.05, 0.1) is 11.0 Å². The first-order chi connectivity index (χ1) is 8.97. The van der Waals surface area contributed by atoms with E-state index in [4.69, 9.17) is 5.26 Å². The molecule has 1 rings (SSSR count). The molecule has 0 heterocycles. The summed E-state index contributed by atoms with van der Waals surface area (Å²) in [5.41, 5.74) is -1.38. The molecule has 0 radical (unpaired) electrons. The summed E-state index contributed by atoms with van der Waals surface area (Å²) in [7, 11) is 0. The molecule has 1 aromatic rings. The highest BCUT2D eigenvalue weighted by Crippen LogP contribution is 2.26. The van der Waals surface area contributed by atoms with Crippen LogP contribution in [0.5, 0.6) is 0 Å². The molecule has 0 aromatic heterocycles. The van der Waals surface area contributed by atoms with E-state index < -0.39 is 40.5 Å². The largest absolute Gasteiger partial charge is 0.335 e. The molecule has 0 spiro atoms. The van der Waals surface area contributed by atoms with Crippen LogP contribution in [0.2, 0.25) is 0 Å². The molecule has 8 nitrogen and oxygen atoms in total. The summed E-state index contributed by atoms with van der Waals surface area (Å²) in [6.07, 6.45) is 0. The third-order valence-corrected chi connectivity index (χ3v) is 1.96. The van der Waals surface area contributed by atoms with Crippen LogP contribution in [0.1, 0.15) is 0 Å². The fraction of sp³-hybridized carbons (Fsp3) is 0.100. The minimum atomic E-state index is -1.30. The van der Waals surface area contributed by atoms with Crippen molar-refractivity contribution in [1.82, 2.24) is 5.32 Å². The molecule has 0 aliphatic rings. The molecule has 0 unspecified atom stereocenters. The summed E-state index contributed by atoms with van der Waals surface area (Å²) >= 11 is 0. The highest BCUT2D eigenvalue weighted by Gasteiger charge is 2.22. The molecular formula is C10H7FN4O4. The van der Waals surface area contributed by atoms with Gasteiger partial charge in [-0.3, -0.25) is 19.7 Å². The maximum Gasteiger partial charge on any atom is 0.313 e. The van der Waals surface area contributed by atoms with Crippen LogP contribution in [0.25, 0.3) is 0 Å². The van der Waals surface area contributed by atoms with Crippen LogP contribution in [-0.4, -0.2) is 23.3 Å². The standard InChI is InChI=1S/C10H7FN4O4/c11-6-2-1-3-7(15(18)19)8(6)14-10(17)9(16)13-5-4-12/h1-3H,5H2,(H,13,16)(H,14,17). The average Bonchev–Trinajstić information content (AvgIpc) is 2.37. The van der Waals surface area contributed by atoms with Crippen molar-refractivity contribution in [2.45, 2.75) is 0 Å². The number of nitro groups is 1. The van der Waals surface area contributed by atoms with Crippen molar-refractivity contribution in [3.8, 4) is 6.07 Å². The van der Waals surface area contributed by atoms with Gasteiger partial charge in [-0.25, -0.2) is 4.39 Å². The van der Waals surface area contributed by atoms with Gasteiger partial charge < -0.3 is 10.6 Å². The second-order valence-corrected chi connectivity index (χ2v) is 3.19. The fourth-order valence-corrected chi connectivity index (χ4v) is 1.16. The number of carbonyl (C=O) groups excluding carboxylic acids is 2. The van der Waals surface area contributed by atoms with Gasteiger partial charge in [-0.15, -0.1) is 0 Å². The number of nitriles is 1. The Morgan fingerprint density at radius 1 is 1.42 bits per heavy atom. The number of amides is 2. The summed E-state index contributed by atoms with van der Waals surface area (Å²) in [4.78, 5) is 32.2. The monoisotopic (exact) mass is 266 g/mol. The molecule has 0 saturated heterocycles. The predicted octanol–water partition coefficient (Wildman–Crippen LogP) is 0.312. The quantitative estimate of drug-likeness (QED) is 0.352. The van der Waals surface area contributed by atoms with Gasteiger partial charge >= 0.3 is 11.8 Å². The number of nitrogens with one attached hydrogen (secondary N) is 2. The van der Waals surface area contributed by atoms with Crippen LogP contribution in [0, 0.1) is 27.3 Å². The second-order valence-electron chi connectivity index (χ2n) is 3.19. The summed E-state index contributed by atoms with van der Waals surface area (Å²) in [5.74, 6) is -3.54. The van der Waals surface area contributed by atoms with E-state index in [2.05, 4.69) is 0 Å². The van der Waals surface area contributed by atoms with Crippen molar-refractivity contribution in [3.63, 3.8) is 0 Å². The molecule has 2 N–H and O–H groups in total. The molecule has 0 atom stereocenters. The molecular weight excluding hydrogens is 259 g/mol. The lowest BCUT2D eigenvalue weighted by atomic mass is 10.2. The van der Waals surface area contributed by atoms with Gasteiger partial charge in [-0.05, 0) is 6.07 Å². The number of nitrogens with zero attached hydrogens (tertiary/aromatic N) is 2. The van der Waals surface area contributed by atoms with Gasteiger partial charge in [0, 0.05) is 6.07 Å². The third-order valence-electron chi connectivity index (χ3n) is 1.96. The first-order valence-corrected chi connectivity index (χ1v) is 4.86. The average molecular weight is 266 g/mol. The molecule has 0 aliphatic carbocycles. The van der Waals surface area contributed by atoms with Crippen LogP contribution < -0.4 is 10.6 Å². The van der Waals surface area contributed by atoms with E-state index in [0.29, 0.717) is 0 Å². The third kappa shape index (κ3) is 3.47. The molecule has 0 aliphatic heterocycles. The van der Waals surface area contributed by atoms with E-state index in [0.717, 1.165) is 18.2 Å². The van der Waals surface area contributed by atoms with E-state index in [9.17, 15) is 24.1 Å². The Morgan fingerprint density at radius 3 is 2.68 bits per heavy atom. The first kappa shape index (κ1) is 14.0. The van der Waals surface area contributed by atoms with E-state index in [1.54, 1.807) is 11.4 Å². The van der Waals surface area contributed by atoms with E-state index in [-0.39, 0.29) is 0 Å². The molecule has 2 amide bonds. The van der Waals surface area contributed by atoms with Crippen LogP contribution in [0.3, 0.4) is 0 Å². The van der Waals surface area contributed by atoms with Gasteiger partial charge in [0.2, 0.25) is 0 Å². The SMILES string of the molecule is N#CCNC(=O)C(=O)Nc1c(F)cccc1[N+](=O)[O-]. The van der Waals surface area contributed by atoms with Crippen LogP contribution in [-0.2, 0) is 9.59 Å². The van der Waals surface area contributed by atoms with Crippen molar-refractivity contribution in [1.29, 1.82) is 5.26 Å². The van der Waals surface area contributed by atoms with Crippen LogP contribution in [0.4, 0.5) is 15.8 Å². The molecule has 0 fully saturated rings. The number of nitro benzene ring substituents is 1. The fourth-order valence-electron chi connectivity index (χ4n) is 1.16. The normalized spacial score (nSPS) is 9.26. The Labute approximate surface area is 106 Å². The van der Waals surface area contributed by atoms with Crippen molar-refractivity contribution in [2.24, 2.45) is 0 Å². The smallest absolute Gasteiger partial charge is 0.313 e. The van der Waals surface area contributed by atoms with Gasteiger partial charge in [0.15, 0.2) is 11.5 Å². The Kier molecular flexibility index (Phi) is 4.48. The minimum Gasteiger partial charge on any atom is -0.335 e. The van der Waals surface area contributed by atoms with E-state index in [1.165, 1.54) is 0 Å². The van der Waals surface area contributed by atoms with Gasteiger partial charge in [-0.1, -0.05) is 6.07 Å². The highest BCUT2D eigenvalue weighted by molar-refractivity contribution is 6.39. The number of carbonyl (C=O) groups is 2. The predicted molar refractivity (Wildman–Crippen MR) is 60.3 cm³/mol. The summed E-state index contributed by atoms with van der Waals surface area (Å²) in [5, 5.41) is 22.6. The minimum absolute atomic E-state index is 0.411. The molecule has 98 valence electrons. The second kappa shape index (κ2) is 6.06. The zero-order chi connectivity index (χ0) is 14.4. The number of benzene rings is 1. The van der Waals surface area contributed by atoms with Crippen LogP contribution in [0.15, 0.2) is 18.2 Å². The summed E-state index contributed by atoms with van der Waals surface area (Å²) in [6.45, 7) is -0.411. The molecule has 0 bridgehead atoms. The molecule has 19 heavy (non-hydrogen) atoms. The number of para-hydroxylation sites is 1. The Bertz CT molecular complexity index is 581. The Hall–Kier alpha value is -3.02. The molecule has 0 saturated carbocycles. The molecule has 1 aromatic carbocycles.